The van der Waals surface area contributed by atoms with Gasteiger partial charge in [-0.2, -0.15) is 0 Å². The fraction of sp³-hybridized carbons (Fsp3) is 0.333. The van der Waals surface area contributed by atoms with Crippen molar-refractivity contribution in [2.24, 2.45) is 0 Å². The number of amides is 1. The van der Waals surface area contributed by atoms with Crippen molar-refractivity contribution in [2.45, 2.75) is 13.8 Å². The summed E-state index contributed by atoms with van der Waals surface area (Å²) >= 11 is 0. The van der Waals surface area contributed by atoms with Crippen molar-refractivity contribution in [1.29, 1.82) is 0 Å². The third-order valence-corrected chi connectivity index (χ3v) is 2.05. The largest absolute Gasteiger partial charge is 0.364 e. The Morgan fingerprint density at radius 2 is 2.08 bits per heavy atom. The van der Waals surface area contributed by atoms with E-state index < -0.39 is 0 Å². The molecule has 70 valence electrons. The number of hydrogen-bond donors (Lipinski definition) is 2. The number of aromatic amines is 1. The molecule has 1 rings (SSSR count). The molecule has 0 atom stereocenters. The lowest BCUT2D eigenvalue weighted by atomic mass is 10.1. The minimum atomic E-state index is -0.357. The maximum atomic E-state index is 11.5. The number of carbonyl (C=O) groups excluding carboxylic acids is 1. The van der Waals surface area contributed by atoms with Crippen molar-refractivity contribution in [3.63, 3.8) is 0 Å². The van der Waals surface area contributed by atoms with Crippen LogP contribution >= 0.6 is 0 Å². The molecule has 4 nitrogen and oxygen atoms in total. The Labute approximate surface area is 76.0 Å². The van der Waals surface area contributed by atoms with Crippen LogP contribution in [0.2, 0.25) is 0 Å². The molecule has 0 radical (unpaired) electrons. The Morgan fingerprint density at radius 3 is 2.62 bits per heavy atom. The molecular formula is C9H12N2O2. The van der Waals surface area contributed by atoms with Crippen molar-refractivity contribution < 1.29 is 4.79 Å². The molecule has 1 heterocycles. The highest BCUT2D eigenvalue weighted by atomic mass is 16.2. The first-order chi connectivity index (χ1) is 6.07. The van der Waals surface area contributed by atoms with Crippen LogP contribution in [0, 0.1) is 13.8 Å². The molecule has 1 aromatic rings. The fourth-order valence-corrected chi connectivity index (χ4v) is 1.03. The molecule has 0 bridgehead atoms. The Bertz CT molecular complexity index is 393. The normalized spacial score (nSPS) is 9.77. The molecule has 0 aromatic carbocycles. The van der Waals surface area contributed by atoms with Crippen molar-refractivity contribution in [1.82, 2.24) is 10.3 Å². The number of nitrogens with one attached hydrogen (secondary N) is 2. The second kappa shape index (κ2) is 3.43. The van der Waals surface area contributed by atoms with E-state index >= 15 is 0 Å². The summed E-state index contributed by atoms with van der Waals surface area (Å²) in [5.74, 6) is -0.357. The minimum absolute atomic E-state index is 0.158. The lowest BCUT2D eigenvalue weighted by molar-refractivity contribution is 0.0961. The van der Waals surface area contributed by atoms with Crippen LogP contribution in [0.3, 0.4) is 0 Å². The predicted molar refractivity (Wildman–Crippen MR) is 49.9 cm³/mol. The highest BCUT2D eigenvalue weighted by Crippen LogP contribution is 1.98. The molecule has 0 fully saturated rings. The fourth-order valence-electron chi connectivity index (χ4n) is 1.03. The zero-order chi connectivity index (χ0) is 10.0. The molecule has 0 saturated carbocycles. The molecule has 4 heteroatoms. The molecular weight excluding hydrogens is 168 g/mol. The number of rotatable bonds is 1. The molecule has 0 spiro atoms. The van der Waals surface area contributed by atoms with Crippen LogP contribution in [0.1, 0.15) is 21.6 Å². The van der Waals surface area contributed by atoms with Gasteiger partial charge in [0.15, 0.2) is 5.43 Å². The summed E-state index contributed by atoms with van der Waals surface area (Å²) in [6.45, 7) is 3.49. The summed E-state index contributed by atoms with van der Waals surface area (Å²) in [7, 11) is 1.50. The molecule has 0 unspecified atom stereocenters. The van der Waals surface area contributed by atoms with Crippen LogP contribution in [-0.4, -0.2) is 17.9 Å². The van der Waals surface area contributed by atoms with Crippen LogP contribution in [-0.2, 0) is 0 Å². The zero-order valence-corrected chi connectivity index (χ0v) is 7.89. The Morgan fingerprint density at radius 1 is 1.46 bits per heavy atom. The Hall–Kier alpha value is -1.58. The van der Waals surface area contributed by atoms with E-state index in [0.717, 1.165) is 5.69 Å². The summed E-state index contributed by atoms with van der Waals surface area (Å²) in [5, 5.41) is 2.41. The Balaban J connectivity index is 3.35. The van der Waals surface area contributed by atoms with Gasteiger partial charge in [0.25, 0.3) is 5.91 Å². The standard InChI is InChI=1S/C9H12N2O2/c1-5-6(2)11-4-7(8(5)12)9(13)10-3/h4H,1-3H3,(H,10,13)(H,11,12). The van der Waals surface area contributed by atoms with Gasteiger partial charge >= 0.3 is 0 Å². The molecule has 0 aliphatic rings. The Kier molecular flexibility index (Phi) is 2.51. The van der Waals surface area contributed by atoms with Crippen LogP contribution in [0.15, 0.2) is 11.0 Å². The number of aryl methyl sites for hydroxylation is 1. The third kappa shape index (κ3) is 1.61. The van der Waals surface area contributed by atoms with E-state index in [0.29, 0.717) is 5.56 Å². The molecule has 0 saturated heterocycles. The third-order valence-electron chi connectivity index (χ3n) is 2.05. The lowest BCUT2D eigenvalue weighted by Gasteiger charge is -2.02. The summed E-state index contributed by atoms with van der Waals surface area (Å²) in [5.41, 5.74) is 1.32. The summed E-state index contributed by atoms with van der Waals surface area (Å²) < 4.78 is 0. The zero-order valence-electron chi connectivity index (χ0n) is 7.89. The maximum absolute atomic E-state index is 11.5. The van der Waals surface area contributed by atoms with E-state index in [4.69, 9.17) is 0 Å². The van der Waals surface area contributed by atoms with E-state index in [1.54, 1.807) is 13.8 Å². The van der Waals surface area contributed by atoms with Crippen LogP contribution in [0.4, 0.5) is 0 Å². The van der Waals surface area contributed by atoms with Gasteiger partial charge in [-0.15, -0.1) is 0 Å². The smallest absolute Gasteiger partial charge is 0.256 e. The van der Waals surface area contributed by atoms with Crippen molar-refractivity contribution >= 4 is 5.91 Å². The quantitative estimate of drug-likeness (QED) is 0.655. The highest BCUT2D eigenvalue weighted by Gasteiger charge is 2.10. The van der Waals surface area contributed by atoms with Gasteiger partial charge in [0.05, 0.1) is 0 Å². The molecule has 1 amide bonds. The maximum Gasteiger partial charge on any atom is 0.256 e. The van der Waals surface area contributed by atoms with E-state index in [2.05, 4.69) is 10.3 Å². The average Bonchev–Trinajstić information content (AvgIpc) is 2.13. The van der Waals surface area contributed by atoms with Gasteiger partial charge in [-0.1, -0.05) is 0 Å². The average molecular weight is 180 g/mol. The van der Waals surface area contributed by atoms with Crippen molar-refractivity contribution in [2.75, 3.05) is 7.05 Å². The van der Waals surface area contributed by atoms with E-state index in [-0.39, 0.29) is 16.9 Å². The number of pyridine rings is 1. The number of H-pyrrole nitrogens is 1. The monoisotopic (exact) mass is 180 g/mol. The van der Waals surface area contributed by atoms with Gasteiger partial charge in [-0.3, -0.25) is 9.59 Å². The molecule has 0 aliphatic heterocycles. The van der Waals surface area contributed by atoms with Gasteiger partial charge < -0.3 is 10.3 Å². The first kappa shape index (κ1) is 9.51. The van der Waals surface area contributed by atoms with Crippen LogP contribution < -0.4 is 10.7 Å². The number of hydrogen-bond acceptors (Lipinski definition) is 2. The van der Waals surface area contributed by atoms with E-state index in [1.807, 2.05) is 0 Å². The SMILES string of the molecule is CNC(=O)c1c[nH]c(C)c(C)c1=O. The predicted octanol–water partition coefficient (Wildman–Crippen LogP) is 0.351. The number of aromatic nitrogens is 1. The lowest BCUT2D eigenvalue weighted by Crippen LogP contribution is -2.27. The van der Waals surface area contributed by atoms with Gasteiger partial charge in [-0.25, -0.2) is 0 Å². The van der Waals surface area contributed by atoms with Crippen LogP contribution in [0.25, 0.3) is 0 Å². The molecule has 2 N–H and O–H groups in total. The molecule has 1 aromatic heterocycles. The summed E-state index contributed by atoms with van der Waals surface area (Å²) in [4.78, 5) is 25.5. The summed E-state index contributed by atoms with van der Waals surface area (Å²) in [6, 6.07) is 0. The number of carbonyl (C=O) groups is 1. The van der Waals surface area contributed by atoms with E-state index in [1.165, 1.54) is 13.2 Å². The second-order valence-electron chi connectivity index (χ2n) is 2.86. The van der Waals surface area contributed by atoms with Gasteiger partial charge in [-0.05, 0) is 13.8 Å². The van der Waals surface area contributed by atoms with Crippen LogP contribution in [0.5, 0.6) is 0 Å². The first-order valence-electron chi connectivity index (χ1n) is 3.99. The van der Waals surface area contributed by atoms with Gasteiger partial charge in [0.2, 0.25) is 0 Å². The van der Waals surface area contributed by atoms with Gasteiger partial charge in [0, 0.05) is 24.5 Å². The topological polar surface area (TPSA) is 62.0 Å². The first-order valence-corrected chi connectivity index (χ1v) is 3.99. The van der Waals surface area contributed by atoms with Gasteiger partial charge in [0.1, 0.15) is 5.56 Å². The molecule has 0 aliphatic carbocycles. The van der Waals surface area contributed by atoms with E-state index in [9.17, 15) is 9.59 Å². The van der Waals surface area contributed by atoms with Crippen molar-refractivity contribution in [3.8, 4) is 0 Å². The summed E-state index contributed by atoms with van der Waals surface area (Å²) in [6.07, 6.45) is 1.43. The second-order valence-corrected chi connectivity index (χ2v) is 2.86. The minimum Gasteiger partial charge on any atom is -0.364 e. The van der Waals surface area contributed by atoms with Crippen molar-refractivity contribution in [3.05, 3.63) is 33.2 Å². The highest BCUT2D eigenvalue weighted by molar-refractivity contribution is 5.93. The molecule has 13 heavy (non-hydrogen) atoms.